The van der Waals surface area contributed by atoms with Crippen molar-refractivity contribution in [2.75, 3.05) is 13.7 Å². The summed E-state index contributed by atoms with van der Waals surface area (Å²) in [6.07, 6.45) is 0.477. The molecule has 1 N–H and O–H groups in total. The Kier molecular flexibility index (Phi) is 5.70. The Morgan fingerprint density at radius 1 is 1.35 bits per heavy atom. The summed E-state index contributed by atoms with van der Waals surface area (Å²) < 4.78 is 53.9. The quantitative estimate of drug-likeness (QED) is 0.639. The van der Waals surface area contributed by atoms with Crippen molar-refractivity contribution in [1.29, 1.82) is 0 Å². The van der Waals surface area contributed by atoms with Crippen LogP contribution in [-0.2, 0) is 13.8 Å². The second kappa shape index (κ2) is 6.85. The molecule has 20 heavy (non-hydrogen) atoms. The van der Waals surface area contributed by atoms with E-state index in [0.717, 1.165) is 12.1 Å². The number of hydrogen-bond acceptors (Lipinski definition) is 4. The van der Waals surface area contributed by atoms with Crippen molar-refractivity contribution in [3.05, 3.63) is 23.8 Å². The molecule has 9 heteroatoms. The molecule has 0 spiro atoms. The van der Waals surface area contributed by atoms with E-state index in [2.05, 4.69) is 5.32 Å². The number of amides is 1. The fraction of sp³-hybridized carbons (Fsp3) is 0.364. The highest BCUT2D eigenvalue weighted by atomic mass is 35.7. The van der Waals surface area contributed by atoms with Gasteiger partial charge in [-0.25, -0.2) is 12.8 Å². The Labute approximate surface area is 119 Å². The molecule has 0 aliphatic carbocycles. The van der Waals surface area contributed by atoms with Gasteiger partial charge in [0.2, 0.25) is 11.7 Å². The lowest BCUT2D eigenvalue weighted by atomic mass is 10.3. The number of hydrogen-bond donors (Lipinski definition) is 1. The van der Waals surface area contributed by atoms with Crippen molar-refractivity contribution in [2.24, 2.45) is 0 Å². The van der Waals surface area contributed by atoms with Crippen LogP contribution in [0.4, 0.5) is 8.78 Å². The van der Waals surface area contributed by atoms with Crippen LogP contribution in [0.2, 0.25) is 0 Å². The standard InChI is InChI=1S/C11H12ClF2NO4S/c1-15-9(16)3-2-6-19-7-4-5-8(20(12,17)18)11(14)10(7)13/h4-5H,2-3,6H2,1H3,(H,15,16). The van der Waals surface area contributed by atoms with E-state index >= 15 is 0 Å². The number of halogens is 3. The SMILES string of the molecule is CNC(=O)CCCOc1ccc(S(=O)(=O)Cl)c(F)c1F. The lowest BCUT2D eigenvalue weighted by molar-refractivity contribution is -0.120. The highest BCUT2D eigenvalue weighted by Gasteiger charge is 2.22. The van der Waals surface area contributed by atoms with Gasteiger partial charge < -0.3 is 10.1 Å². The summed E-state index contributed by atoms with van der Waals surface area (Å²) in [4.78, 5) is 9.97. The van der Waals surface area contributed by atoms with Gasteiger partial charge in [0, 0.05) is 24.2 Å². The van der Waals surface area contributed by atoms with Crippen LogP contribution >= 0.6 is 10.7 Å². The molecule has 0 saturated carbocycles. The molecule has 0 aliphatic rings. The Morgan fingerprint density at radius 2 is 2.00 bits per heavy atom. The lowest BCUT2D eigenvalue weighted by Gasteiger charge is -2.08. The topological polar surface area (TPSA) is 72.5 Å². The molecule has 0 aromatic heterocycles. The van der Waals surface area contributed by atoms with E-state index in [-0.39, 0.29) is 18.9 Å². The number of carbonyl (C=O) groups excluding carboxylic acids is 1. The van der Waals surface area contributed by atoms with Gasteiger partial charge in [-0.15, -0.1) is 0 Å². The summed E-state index contributed by atoms with van der Waals surface area (Å²) in [6, 6.07) is 1.78. The molecule has 112 valence electrons. The van der Waals surface area contributed by atoms with Crippen molar-refractivity contribution < 1.29 is 26.7 Å². The van der Waals surface area contributed by atoms with E-state index < -0.39 is 31.3 Å². The maximum absolute atomic E-state index is 13.5. The molecule has 1 rings (SSSR count). The van der Waals surface area contributed by atoms with Gasteiger partial charge in [0.25, 0.3) is 9.05 Å². The average molecular weight is 328 g/mol. The van der Waals surface area contributed by atoms with Gasteiger partial charge in [0.05, 0.1) is 6.61 Å². The molecule has 0 fully saturated rings. The lowest BCUT2D eigenvalue weighted by Crippen LogP contribution is -2.18. The number of carbonyl (C=O) groups is 1. The van der Waals surface area contributed by atoms with E-state index in [0.29, 0.717) is 6.42 Å². The van der Waals surface area contributed by atoms with E-state index in [1.165, 1.54) is 7.05 Å². The minimum Gasteiger partial charge on any atom is -0.490 e. The van der Waals surface area contributed by atoms with Gasteiger partial charge in [-0.05, 0) is 18.6 Å². The van der Waals surface area contributed by atoms with Crippen LogP contribution < -0.4 is 10.1 Å². The fourth-order valence-electron chi connectivity index (χ4n) is 1.35. The fourth-order valence-corrected chi connectivity index (χ4v) is 2.25. The Morgan fingerprint density at radius 3 is 2.55 bits per heavy atom. The molecule has 0 bridgehead atoms. The molecule has 1 aromatic rings. The van der Waals surface area contributed by atoms with Crippen LogP contribution in [0.15, 0.2) is 17.0 Å². The minimum atomic E-state index is -4.36. The van der Waals surface area contributed by atoms with Crippen LogP contribution in [0.3, 0.4) is 0 Å². The van der Waals surface area contributed by atoms with Crippen molar-refractivity contribution in [2.45, 2.75) is 17.7 Å². The Balaban J connectivity index is 2.74. The number of nitrogens with one attached hydrogen (secondary N) is 1. The third kappa shape index (κ3) is 4.31. The molecule has 1 aromatic carbocycles. The van der Waals surface area contributed by atoms with Crippen LogP contribution in [0.1, 0.15) is 12.8 Å². The first-order valence-electron chi connectivity index (χ1n) is 5.53. The molecule has 0 atom stereocenters. The third-order valence-electron chi connectivity index (χ3n) is 2.36. The molecular weight excluding hydrogens is 316 g/mol. The van der Waals surface area contributed by atoms with E-state index in [4.69, 9.17) is 15.4 Å². The normalized spacial score (nSPS) is 11.2. The minimum absolute atomic E-state index is 0.0171. The van der Waals surface area contributed by atoms with E-state index in [1.807, 2.05) is 0 Å². The summed E-state index contributed by atoms with van der Waals surface area (Å²) in [5, 5.41) is 2.40. The molecule has 0 heterocycles. The van der Waals surface area contributed by atoms with Gasteiger partial charge in [-0.1, -0.05) is 0 Å². The van der Waals surface area contributed by atoms with E-state index in [9.17, 15) is 22.0 Å². The summed E-state index contributed by atoms with van der Waals surface area (Å²) in [5.74, 6) is -3.68. The smallest absolute Gasteiger partial charge is 0.264 e. The zero-order valence-electron chi connectivity index (χ0n) is 10.5. The van der Waals surface area contributed by atoms with Gasteiger partial charge in [-0.2, -0.15) is 4.39 Å². The predicted molar refractivity (Wildman–Crippen MR) is 68.2 cm³/mol. The highest BCUT2D eigenvalue weighted by Crippen LogP contribution is 2.27. The zero-order chi connectivity index (χ0) is 15.3. The molecule has 0 saturated heterocycles. The Hall–Kier alpha value is -1.41. The van der Waals surface area contributed by atoms with Crippen LogP contribution in [0.25, 0.3) is 0 Å². The van der Waals surface area contributed by atoms with E-state index in [1.54, 1.807) is 0 Å². The van der Waals surface area contributed by atoms with Crippen molar-refractivity contribution in [3.63, 3.8) is 0 Å². The van der Waals surface area contributed by atoms with Crippen molar-refractivity contribution in [1.82, 2.24) is 5.32 Å². The zero-order valence-corrected chi connectivity index (χ0v) is 12.0. The Bertz CT molecular complexity index is 607. The summed E-state index contributed by atoms with van der Waals surface area (Å²) in [5.41, 5.74) is 0. The molecule has 0 unspecified atom stereocenters. The largest absolute Gasteiger partial charge is 0.490 e. The second-order valence-electron chi connectivity index (χ2n) is 3.75. The molecule has 0 radical (unpaired) electrons. The van der Waals surface area contributed by atoms with Crippen molar-refractivity contribution in [3.8, 4) is 5.75 Å². The maximum atomic E-state index is 13.5. The first-order chi connectivity index (χ1) is 9.27. The van der Waals surface area contributed by atoms with Gasteiger partial charge in [0.15, 0.2) is 11.6 Å². The number of rotatable bonds is 6. The summed E-state index contributed by atoms with van der Waals surface area (Å²) in [6.45, 7) is -0.0171. The second-order valence-corrected chi connectivity index (χ2v) is 6.29. The average Bonchev–Trinajstić information content (AvgIpc) is 2.37. The van der Waals surface area contributed by atoms with Crippen LogP contribution in [-0.4, -0.2) is 28.0 Å². The third-order valence-corrected chi connectivity index (χ3v) is 3.70. The molecule has 1 amide bonds. The van der Waals surface area contributed by atoms with Crippen molar-refractivity contribution >= 4 is 25.6 Å². The van der Waals surface area contributed by atoms with Gasteiger partial charge in [0.1, 0.15) is 4.90 Å². The van der Waals surface area contributed by atoms with Gasteiger partial charge >= 0.3 is 0 Å². The maximum Gasteiger partial charge on any atom is 0.264 e. The van der Waals surface area contributed by atoms with Crippen LogP contribution in [0.5, 0.6) is 5.75 Å². The summed E-state index contributed by atoms with van der Waals surface area (Å²) in [7, 11) is 2.06. The van der Waals surface area contributed by atoms with Gasteiger partial charge in [-0.3, -0.25) is 4.79 Å². The molecule has 0 aliphatic heterocycles. The highest BCUT2D eigenvalue weighted by molar-refractivity contribution is 8.13. The molecule has 5 nitrogen and oxygen atoms in total. The number of ether oxygens (including phenoxy) is 1. The molecular formula is C11H12ClF2NO4S. The first kappa shape index (κ1) is 16.6. The van der Waals surface area contributed by atoms with Crippen LogP contribution in [0, 0.1) is 11.6 Å². The number of benzene rings is 1. The summed E-state index contributed by atoms with van der Waals surface area (Å²) >= 11 is 0. The first-order valence-corrected chi connectivity index (χ1v) is 7.84. The predicted octanol–water partition coefficient (Wildman–Crippen LogP) is 1.80. The monoisotopic (exact) mass is 327 g/mol.